The molecular weight excluding hydrogens is 232 g/mol. The number of aromatic nitrogens is 5. The third-order valence-electron chi connectivity index (χ3n) is 1.83. The Labute approximate surface area is 91.8 Å². The van der Waals surface area contributed by atoms with Crippen molar-refractivity contribution in [3.63, 3.8) is 0 Å². The number of nitrogens with zero attached hydrogens (tertiary/aromatic N) is 4. The van der Waals surface area contributed by atoms with Gasteiger partial charge in [0.25, 0.3) is 10.0 Å². The molecule has 0 aliphatic heterocycles. The number of hydrogen-bond acceptors (Lipinski definition) is 5. The molecule has 0 aromatic carbocycles. The normalized spacial score (nSPS) is 11.8. The Bertz CT molecular complexity index is 557. The number of H-pyrrole nitrogens is 1. The van der Waals surface area contributed by atoms with Crippen LogP contribution in [0.4, 0.5) is 0 Å². The van der Waals surface area contributed by atoms with Crippen LogP contribution in [0, 0.1) is 0 Å². The van der Waals surface area contributed by atoms with Crippen molar-refractivity contribution in [3.8, 4) is 0 Å². The van der Waals surface area contributed by atoms with Crippen LogP contribution in [0.3, 0.4) is 0 Å². The zero-order valence-corrected chi connectivity index (χ0v) is 9.27. The molecule has 2 aromatic heterocycles. The Balaban J connectivity index is 2.06. The fraction of sp³-hybridized carbons (Fsp3) is 0.286. The van der Waals surface area contributed by atoms with Crippen molar-refractivity contribution in [1.82, 2.24) is 29.5 Å². The zero-order valence-electron chi connectivity index (χ0n) is 8.45. The van der Waals surface area contributed by atoms with Gasteiger partial charge in [-0.05, 0) is 0 Å². The van der Waals surface area contributed by atoms with E-state index in [1.807, 2.05) is 0 Å². The van der Waals surface area contributed by atoms with Crippen LogP contribution in [-0.2, 0) is 23.6 Å². The van der Waals surface area contributed by atoms with E-state index in [4.69, 9.17) is 0 Å². The van der Waals surface area contributed by atoms with Gasteiger partial charge in [0, 0.05) is 7.05 Å². The van der Waals surface area contributed by atoms with Gasteiger partial charge in [0.05, 0.1) is 19.1 Å². The second kappa shape index (κ2) is 4.02. The lowest BCUT2D eigenvalue weighted by Crippen LogP contribution is -2.24. The molecule has 0 amide bonds. The molecule has 2 heterocycles. The average Bonchev–Trinajstić information content (AvgIpc) is 2.85. The van der Waals surface area contributed by atoms with E-state index in [0.29, 0.717) is 5.82 Å². The van der Waals surface area contributed by atoms with E-state index in [9.17, 15) is 8.42 Å². The van der Waals surface area contributed by atoms with Crippen LogP contribution in [0.15, 0.2) is 23.9 Å². The molecule has 86 valence electrons. The highest BCUT2D eigenvalue weighted by molar-refractivity contribution is 7.89. The van der Waals surface area contributed by atoms with E-state index in [0.717, 1.165) is 0 Å². The maximum atomic E-state index is 11.6. The van der Waals surface area contributed by atoms with Crippen LogP contribution in [0.25, 0.3) is 0 Å². The molecule has 0 saturated carbocycles. The molecule has 0 atom stereocenters. The monoisotopic (exact) mass is 242 g/mol. The number of sulfonamides is 1. The molecule has 0 radical (unpaired) electrons. The Morgan fingerprint density at radius 2 is 2.38 bits per heavy atom. The van der Waals surface area contributed by atoms with Gasteiger partial charge in [0.15, 0.2) is 10.9 Å². The van der Waals surface area contributed by atoms with Crippen molar-refractivity contribution < 1.29 is 8.42 Å². The quantitative estimate of drug-likeness (QED) is 0.716. The van der Waals surface area contributed by atoms with Gasteiger partial charge in [-0.1, -0.05) is 0 Å². The Morgan fingerprint density at radius 1 is 1.56 bits per heavy atom. The van der Waals surface area contributed by atoms with Crippen molar-refractivity contribution in [2.75, 3.05) is 0 Å². The summed E-state index contributed by atoms with van der Waals surface area (Å²) < 4.78 is 27.1. The molecule has 2 aromatic rings. The summed E-state index contributed by atoms with van der Waals surface area (Å²) >= 11 is 0. The highest BCUT2D eigenvalue weighted by Crippen LogP contribution is 2.02. The van der Waals surface area contributed by atoms with Crippen molar-refractivity contribution in [2.45, 2.75) is 11.6 Å². The molecular formula is C7H10N6O2S. The lowest BCUT2D eigenvalue weighted by atomic mass is 10.6. The molecule has 0 unspecified atom stereocenters. The van der Waals surface area contributed by atoms with Crippen molar-refractivity contribution in [2.24, 2.45) is 7.05 Å². The number of nitrogens with one attached hydrogen (secondary N) is 2. The minimum Gasteiger partial charge on any atom is -0.335 e. The van der Waals surface area contributed by atoms with E-state index in [1.54, 1.807) is 7.05 Å². The van der Waals surface area contributed by atoms with Gasteiger partial charge in [0.1, 0.15) is 6.33 Å². The van der Waals surface area contributed by atoms with Crippen LogP contribution >= 0.6 is 0 Å². The minimum absolute atomic E-state index is 0.0171. The first-order valence-electron chi connectivity index (χ1n) is 4.40. The highest BCUT2D eigenvalue weighted by Gasteiger charge is 2.15. The first-order chi connectivity index (χ1) is 7.58. The zero-order chi connectivity index (χ0) is 11.6. The van der Waals surface area contributed by atoms with Gasteiger partial charge in [-0.15, -0.1) is 0 Å². The second-order valence-electron chi connectivity index (χ2n) is 3.07. The molecule has 2 rings (SSSR count). The van der Waals surface area contributed by atoms with Gasteiger partial charge in [-0.2, -0.15) is 5.10 Å². The SMILES string of the molecule is Cn1cnc(CNS(=O)(=O)c2cnc[nH]2)n1. The number of hydrogen-bond donors (Lipinski definition) is 2. The topological polar surface area (TPSA) is 106 Å². The van der Waals surface area contributed by atoms with E-state index < -0.39 is 10.0 Å². The van der Waals surface area contributed by atoms with Gasteiger partial charge < -0.3 is 4.98 Å². The van der Waals surface area contributed by atoms with Crippen molar-refractivity contribution >= 4 is 10.0 Å². The first-order valence-corrected chi connectivity index (χ1v) is 5.89. The predicted molar refractivity (Wildman–Crippen MR) is 53.6 cm³/mol. The van der Waals surface area contributed by atoms with E-state index in [1.165, 1.54) is 23.5 Å². The summed E-state index contributed by atoms with van der Waals surface area (Å²) in [7, 11) is -1.85. The van der Waals surface area contributed by atoms with Gasteiger partial charge in [-0.25, -0.2) is 23.1 Å². The molecule has 0 fully saturated rings. The van der Waals surface area contributed by atoms with Crippen LogP contribution < -0.4 is 4.72 Å². The van der Waals surface area contributed by atoms with Crippen molar-refractivity contribution in [3.05, 3.63) is 24.7 Å². The van der Waals surface area contributed by atoms with E-state index in [-0.39, 0.29) is 11.6 Å². The van der Waals surface area contributed by atoms with Crippen LogP contribution in [0.2, 0.25) is 0 Å². The number of imidazole rings is 1. The van der Waals surface area contributed by atoms with E-state index in [2.05, 4.69) is 24.8 Å². The van der Waals surface area contributed by atoms with Gasteiger partial charge in [0.2, 0.25) is 0 Å². The number of rotatable bonds is 4. The fourth-order valence-corrected chi connectivity index (χ4v) is 1.97. The summed E-state index contributed by atoms with van der Waals surface area (Å²) in [6, 6.07) is 0. The standard InChI is InChI=1S/C7H10N6O2S/c1-13-5-10-6(12-13)2-11-16(14,15)7-3-8-4-9-7/h3-5,11H,2H2,1H3,(H,8,9). The van der Waals surface area contributed by atoms with Crippen LogP contribution in [0.5, 0.6) is 0 Å². The molecule has 9 heteroatoms. The number of aryl methyl sites for hydroxylation is 1. The predicted octanol–water partition coefficient (Wildman–Crippen LogP) is -0.983. The van der Waals surface area contributed by atoms with Crippen LogP contribution in [-0.4, -0.2) is 33.2 Å². The maximum absolute atomic E-state index is 11.6. The molecule has 0 aliphatic rings. The highest BCUT2D eigenvalue weighted by atomic mass is 32.2. The van der Waals surface area contributed by atoms with Crippen molar-refractivity contribution in [1.29, 1.82) is 0 Å². The first kappa shape index (κ1) is 10.8. The maximum Gasteiger partial charge on any atom is 0.258 e. The molecule has 0 spiro atoms. The lowest BCUT2D eigenvalue weighted by molar-refractivity contribution is 0.575. The Morgan fingerprint density at radius 3 is 2.94 bits per heavy atom. The largest absolute Gasteiger partial charge is 0.335 e. The number of aromatic amines is 1. The van der Waals surface area contributed by atoms with Gasteiger partial charge >= 0.3 is 0 Å². The third-order valence-corrected chi connectivity index (χ3v) is 3.16. The summed E-state index contributed by atoms with van der Waals surface area (Å²) in [6.45, 7) is 0.0438. The summed E-state index contributed by atoms with van der Waals surface area (Å²) in [5.41, 5.74) is 0. The minimum atomic E-state index is -3.56. The Hall–Kier alpha value is -1.74. The smallest absolute Gasteiger partial charge is 0.258 e. The fourth-order valence-electron chi connectivity index (χ4n) is 1.09. The van der Waals surface area contributed by atoms with E-state index >= 15 is 0 Å². The van der Waals surface area contributed by atoms with Crippen LogP contribution in [0.1, 0.15) is 5.82 Å². The molecule has 0 saturated heterocycles. The summed E-state index contributed by atoms with van der Waals surface area (Å²) in [4.78, 5) is 10.0. The average molecular weight is 242 g/mol. The lowest BCUT2D eigenvalue weighted by Gasteiger charge is -2.00. The summed E-state index contributed by atoms with van der Waals surface area (Å²) in [5.74, 6) is 0.408. The van der Waals surface area contributed by atoms with Gasteiger partial charge in [-0.3, -0.25) is 4.68 Å². The second-order valence-corrected chi connectivity index (χ2v) is 4.81. The summed E-state index contributed by atoms with van der Waals surface area (Å²) in [6.07, 6.45) is 4.03. The molecule has 16 heavy (non-hydrogen) atoms. The molecule has 2 N–H and O–H groups in total. The Kier molecular flexibility index (Phi) is 2.71. The molecule has 0 bridgehead atoms. The molecule has 0 aliphatic carbocycles. The third kappa shape index (κ3) is 2.25. The summed E-state index contributed by atoms with van der Waals surface area (Å²) in [5, 5.41) is 3.96. The molecule has 8 nitrogen and oxygen atoms in total.